The summed E-state index contributed by atoms with van der Waals surface area (Å²) < 4.78 is 0. The number of carbonyl (C=O) groups excluding carboxylic acids is 1. The van der Waals surface area contributed by atoms with E-state index in [9.17, 15) is 4.79 Å². The maximum absolute atomic E-state index is 12.6. The van der Waals surface area contributed by atoms with Gasteiger partial charge in [-0.15, -0.1) is 0 Å². The number of hydrogen-bond acceptors (Lipinski definition) is 1. The molecule has 4 unspecified atom stereocenters. The quantitative estimate of drug-likeness (QED) is 0.584. The molecule has 4 aliphatic carbocycles. The summed E-state index contributed by atoms with van der Waals surface area (Å²) in [5, 5.41) is 0. The first kappa shape index (κ1) is 17.1. The highest BCUT2D eigenvalue weighted by Gasteiger charge is 2.60. The molecule has 1 heteroatoms. The van der Waals surface area contributed by atoms with Crippen molar-refractivity contribution >= 4 is 5.78 Å². The van der Waals surface area contributed by atoms with Gasteiger partial charge in [-0.2, -0.15) is 0 Å². The van der Waals surface area contributed by atoms with Gasteiger partial charge >= 0.3 is 0 Å². The van der Waals surface area contributed by atoms with Gasteiger partial charge in [-0.1, -0.05) is 34.1 Å². The van der Waals surface area contributed by atoms with Crippen LogP contribution in [0.15, 0.2) is 0 Å². The van der Waals surface area contributed by atoms with E-state index in [0.717, 1.165) is 36.0 Å². The molecule has 4 aliphatic rings. The van der Waals surface area contributed by atoms with Crippen LogP contribution in [0, 0.1) is 46.3 Å². The molecule has 0 amide bonds. The summed E-state index contributed by atoms with van der Waals surface area (Å²) in [5.74, 6) is 5.60. The van der Waals surface area contributed by atoms with E-state index in [4.69, 9.17) is 0 Å². The summed E-state index contributed by atoms with van der Waals surface area (Å²) >= 11 is 0. The Morgan fingerprint density at radius 1 is 0.917 bits per heavy atom. The van der Waals surface area contributed by atoms with Crippen LogP contribution in [-0.2, 0) is 4.79 Å². The van der Waals surface area contributed by atoms with Crippen LogP contribution in [0.3, 0.4) is 0 Å². The second-order valence-corrected chi connectivity index (χ2v) is 10.5. The van der Waals surface area contributed by atoms with Crippen molar-refractivity contribution in [1.82, 2.24) is 0 Å². The van der Waals surface area contributed by atoms with Crippen molar-refractivity contribution in [3.63, 3.8) is 0 Å². The fourth-order valence-corrected chi connectivity index (χ4v) is 8.25. The van der Waals surface area contributed by atoms with E-state index in [1.165, 1.54) is 57.8 Å². The number of ketones is 1. The largest absolute Gasteiger partial charge is 0.299 e. The average molecular weight is 331 g/mol. The zero-order valence-electron chi connectivity index (χ0n) is 16.4. The van der Waals surface area contributed by atoms with Gasteiger partial charge in [-0.05, 0) is 91.8 Å². The molecule has 8 atom stereocenters. The summed E-state index contributed by atoms with van der Waals surface area (Å²) in [7, 11) is 0. The lowest BCUT2D eigenvalue weighted by Crippen LogP contribution is -2.53. The molecule has 0 aromatic rings. The lowest BCUT2D eigenvalue weighted by molar-refractivity contribution is -0.136. The van der Waals surface area contributed by atoms with Gasteiger partial charge in [0.05, 0.1) is 0 Å². The van der Waals surface area contributed by atoms with Gasteiger partial charge in [-0.3, -0.25) is 4.79 Å². The minimum Gasteiger partial charge on any atom is -0.299 e. The Morgan fingerprint density at radius 3 is 2.38 bits per heavy atom. The fourth-order valence-electron chi connectivity index (χ4n) is 8.25. The first-order valence-electron chi connectivity index (χ1n) is 10.9. The summed E-state index contributed by atoms with van der Waals surface area (Å²) in [6, 6.07) is 0. The van der Waals surface area contributed by atoms with Crippen molar-refractivity contribution < 1.29 is 4.79 Å². The van der Waals surface area contributed by atoms with Gasteiger partial charge in [0.1, 0.15) is 5.78 Å². The molecule has 4 saturated carbocycles. The Bertz CT molecular complexity index is 510. The van der Waals surface area contributed by atoms with E-state index in [2.05, 4.69) is 27.7 Å². The SMILES string of the molecule is CCC(=O)[C@H]1CCC2C3CC[C@H]4C[C@@H](C)CC[C@]4(C)C3CCC21C. The smallest absolute Gasteiger partial charge is 0.136 e. The minimum absolute atomic E-state index is 0.333. The van der Waals surface area contributed by atoms with Crippen LogP contribution in [-0.4, -0.2) is 5.78 Å². The van der Waals surface area contributed by atoms with Crippen molar-refractivity contribution in [2.24, 2.45) is 46.3 Å². The lowest BCUT2D eigenvalue weighted by Gasteiger charge is -2.61. The van der Waals surface area contributed by atoms with Crippen LogP contribution in [0.5, 0.6) is 0 Å². The van der Waals surface area contributed by atoms with Crippen molar-refractivity contribution in [3.05, 3.63) is 0 Å². The summed E-state index contributed by atoms with van der Waals surface area (Å²) in [6.07, 6.45) is 13.4. The van der Waals surface area contributed by atoms with E-state index >= 15 is 0 Å². The molecule has 1 nitrogen and oxygen atoms in total. The Balaban J connectivity index is 1.60. The van der Waals surface area contributed by atoms with Crippen LogP contribution < -0.4 is 0 Å². The first-order chi connectivity index (χ1) is 11.4. The van der Waals surface area contributed by atoms with E-state index in [1.807, 2.05) is 0 Å². The zero-order chi connectivity index (χ0) is 17.1. The normalized spacial score (nSPS) is 53.8. The number of rotatable bonds is 2. The third-order valence-electron chi connectivity index (χ3n) is 9.67. The van der Waals surface area contributed by atoms with E-state index in [-0.39, 0.29) is 0 Å². The molecule has 136 valence electrons. The topological polar surface area (TPSA) is 17.1 Å². The molecule has 0 aliphatic heterocycles. The second kappa shape index (κ2) is 5.85. The number of hydrogen-bond donors (Lipinski definition) is 0. The highest BCUT2D eigenvalue weighted by Crippen LogP contribution is 2.67. The molecule has 0 radical (unpaired) electrons. The van der Waals surface area contributed by atoms with Gasteiger partial charge in [0.15, 0.2) is 0 Å². The van der Waals surface area contributed by atoms with Gasteiger partial charge in [0, 0.05) is 12.3 Å². The Morgan fingerprint density at radius 2 is 1.62 bits per heavy atom. The van der Waals surface area contributed by atoms with Crippen molar-refractivity contribution in [2.45, 2.75) is 91.9 Å². The molecule has 24 heavy (non-hydrogen) atoms. The van der Waals surface area contributed by atoms with E-state index in [1.54, 1.807) is 0 Å². The van der Waals surface area contributed by atoms with Gasteiger partial charge in [0.2, 0.25) is 0 Å². The highest BCUT2D eigenvalue weighted by molar-refractivity contribution is 5.81. The molecule has 0 N–H and O–H groups in total. The van der Waals surface area contributed by atoms with Crippen LogP contribution in [0.1, 0.15) is 91.9 Å². The third-order valence-corrected chi connectivity index (χ3v) is 9.67. The molecule has 0 saturated heterocycles. The van der Waals surface area contributed by atoms with Crippen LogP contribution in [0.2, 0.25) is 0 Å². The average Bonchev–Trinajstić information content (AvgIpc) is 2.92. The van der Waals surface area contributed by atoms with Crippen molar-refractivity contribution in [3.8, 4) is 0 Å². The van der Waals surface area contributed by atoms with Crippen LogP contribution >= 0.6 is 0 Å². The molecule has 0 heterocycles. The zero-order valence-corrected chi connectivity index (χ0v) is 16.4. The molecule has 0 aromatic heterocycles. The Kier molecular flexibility index (Phi) is 4.17. The van der Waals surface area contributed by atoms with Crippen molar-refractivity contribution in [1.29, 1.82) is 0 Å². The minimum atomic E-state index is 0.333. The first-order valence-corrected chi connectivity index (χ1v) is 10.9. The molecular formula is C23H38O. The summed E-state index contributed by atoms with van der Waals surface area (Å²) in [5.41, 5.74) is 0.947. The lowest BCUT2D eigenvalue weighted by atomic mass is 9.44. The molecule has 0 aromatic carbocycles. The molecule has 0 bridgehead atoms. The monoisotopic (exact) mass is 330 g/mol. The Labute approximate surface area is 149 Å². The van der Waals surface area contributed by atoms with Crippen LogP contribution in [0.4, 0.5) is 0 Å². The fraction of sp³-hybridized carbons (Fsp3) is 0.957. The maximum atomic E-state index is 12.6. The highest BCUT2D eigenvalue weighted by atomic mass is 16.1. The standard InChI is InChI=1S/C23H38O/c1-5-21(24)20-9-8-18-17-7-6-16-14-15(2)10-12-22(16,3)19(17)11-13-23(18,20)4/h15-20H,5-14H2,1-4H3/t15-,16-,17?,18?,19?,20+,22-,23?/m0/s1. The summed E-state index contributed by atoms with van der Waals surface area (Å²) in [6.45, 7) is 9.70. The maximum Gasteiger partial charge on any atom is 0.136 e. The number of fused-ring (bicyclic) bond motifs is 5. The van der Waals surface area contributed by atoms with Gasteiger partial charge < -0.3 is 0 Å². The molecule has 4 fully saturated rings. The van der Waals surface area contributed by atoms with E-state index < -0.39 is 0 Å². The Hall–Kier alpha value is -0.330. The number of Topliss-reactive ketones (excluding diaryl/α,β-unsaturated/α-hetero) is 1. The van der Waals surface area contributed by atoms with Gasteiger partial charge in [-0.25, -0.2) is 0 Å². The van der Waals surface area contributed by atoms with Gasteiger partial charge in [0.25, 0.3) is 0 Å². The van der Waals surface area contributed by atoms with E-state index in [0.29, 0.717) is 22.5 Å². The second-order valence-electron chi connectivity index (χ2n) is 10.5. The molecular weight excluding hydrogens is 292 g/mol. The molecule has 0 spiro atoms. The summed E-state index contributed by atoms with van der Waals surface area (Å²) in [4.78, 5) is 12.6. The predicted molar refractivity (Wildman–Crippen MR) is 99.7 cm³/mol. The van der Waals surface area contributed by atoms with Crippen LogP contribution in [0.25, 0.3) is 0 Å². The molecule has 4 rings (SSSR count). The third kappa shape index (κ3) is 2.28. The number of carbonyl (C=O) groups is 1. The van der Waals surface area contributed by atoms with Crippen molar-refractivity contribution in [2.75, 3.05) is 0 Å². The predicted octanol–water partition coefficient (Wildman–Crippen LogP) is 6.26.